The van der Waals surface area contributed by atoms with E-state index in [1.807, 2.05) is 6.08 Å². The van der Waals surface area contributed by atoms with Crippen molar-refractivity contribution in [2.24, 2.45) is 5.41 Å². The highest BCUT2D eigenvalue weighted by molar-refractivity contribution is 4.95. The molecule has 1 aliphatic heterocycles. The summed E-state index contributed by atoms with van der Waals surface area (Å²) in [5.41, 5.74) is 0.163. The zero-order valence-electron chi connectivity index (χ0n) is 6.89. The van der Waals surface area contributed by atoms with E-state index < -0.39 is 0 Å². The lowest BCUT2D eigenvalue weighted by molar-refractivity contribution is 0.0435. The lowest BCUT2D eigenvalue weighted by Crippen LogP contribution is -2.25. The second-order valence-corrected chi connectivity index (χ2v) is 3.53. The van der Waals surface area contributed by atoms with Gasteiger partial charge in [0.1, 0.15) is 0 Å². The third kappa shape index (κ3) is 1.40. The number of ether oxygens (including phenoxy) is 1. The summed E-state index contributed by atoms with van der Waals surface area (Å²) in [5, 5.41) is 0. The summed E-state index contributed by atoms with van der Waals surface area (Å²) >= 11 is 0. The second kappa shape index (κ2) is 2.75. The predicted molar refractivity (Wildman–Crippen MR) is 43.0 cm³/mol. The summed E-state index contributed by atoms with van der Waals surface area (Å²) in [6, 6.07) is 0. The molecule has 0 saturated carbocycles. The first-order chi connectivity index (χ1) is 4.67. The van der Waals surface area contributed by atoms with E-state index in [9.17, 15) is 0 Å². The number of rotatable bonds is 2. The molecule has 1 rings (SSSR count). The van der Waals surface area contributed by atoms with E-state index in [2.05, 4.69) is 20.4 Å². The maximum atomic E-state index is 5.54. The quantitative estimate of drug-likeness (QED) is 0.535. The summed E-state index contributed by atoms with van der Waals surface area (Å²) in [6.07, 6.45) is 4.80. The Kier molecular flexibility index (Phi) is 2.14. The molecule has 1 nitrogen and oxygen atoms in total. The van der Waals surface area contributed by atoms with Crippen LogP contribution in [0.25, 0.3) is 0 Å². The third-order valence-corrected chi connectivity index (χ3v) is 2.29. The Morgan fingerprint density at radius 2 is 2.30 bits per heavy atom. The molecule has 0 aromatic heterocycles. The van der Waals surface area contributed by atoms with Gasteiger partial charge < -0.3 is 4.74 Å². The fraction of sp³-hybridized carbons (Fsp3) is 0.778. The van der Waals surface area contributed by atoms with Crippen molar-refractivity contribution in [1.82, 2.24) is 0 Å². The van der Waals surface area contributed by atoms with Crippen molar-refractivity contribution in [2.45, 2.75) is 32.8 Å². The first-order valence-corrected chi connectivity index (χ1v) is 3.92. The Morgan fingerprint density at radius 3 is 2.70 bits per heavy atom. The molecule has 0 radical (unpaired) electrons. The van der Waals surface area contributed by atoms with Crippen molar-refractivity contribution in [3.8, 4) is 0 Å². The Bertz CT molecular complexity index is 121. The minimum Gasteiger partial charge on any atom is -0.377 e. The minimum atomic E-state index is 0.163. The zero-order chi connectivity index (χ0) is 7.61. The van der Waals surface area contributed by atoms with Crippen LogP contribution < -0.4 is 0 Å². The summed E-state index contributed by atoms with van der Waals surface area (Å²) in [5.74, 6) is 0. The monoisotopic (exact) mass is 140 g/mol. The van der Waals surface area contributed by atoms with Gasteiger partial charge in [0.05, 0.1) is 6.10 Å². The van der Waals surface area contributed by atoms with Crippen LogP contribution in [0.4, 0.5) is 0 Å². The molecule has 1 atom stereocenters. The van der Waals surface area contributed by atoms with Crippen LogP contribution in [0.1, 0.15) is 26.7 Å². The van der Waals surface area contributed by atoms with Gasteiger partial charge >= 0.3 is 0 Å². The maximum absolute atomic E-state index is 5.54. The van der Waals surface area contributed by atoms with Crippen molar-refractivity contribution in [3.05, 3.63) is 12.7 Å². The first kappa shape index (κ1) is 7.80. The van der Waals surface area contributed by atoms with Crippen LogP contribution >= 0.6 is 0 Å². The van der Waals surface area contributed by atoms with Crippen LogP contribution in [-0.4, -0.2) is 12.7 Å². The Balaban J connectivity index is 2.53. The highest BCUT2D eigenvalue weighted by atomic mass is 16.5. The van der Waals surface area contributed by atoms with Crippen molar-refractivity contribution in [2.75, 3.05) is 6.61 Å². The van der Waals surface area contributed by atoms with Crippen molar-refractivity contribution in [1.29, 1.82) is 0 Å². The molecule has 10 heavy (non-hydrogen) atoms. The molecule has 1 unspecified atom stereocenters. The van der Waals surface area contributed by atoms with E-state index in [1.54, 1.807) is 0 Å². The average Bonchev–Trinajstić information content (AvgIpc) is 2.38. The topological polar surface area (TPSA) is 9.23 Å². The van der Waals surface area contributed by atoms with Crippen molar-refractivity contribution >= 4 is 0 Å². The maximum Gasteiger partial charge on any atom is 0.0661 e. The van der Waals surface area contributed by atoms with Crippen LogP contribution in [-0.2, 0) is 4.74 Å². The molecule has 0 N–H and O–H groups in total. The van der Waals surface area contributed by atoms with Gasteiger partial charge in [-0.1, -0.05) is 19.9 Å². The Hall–Kier alpha value is -0.300. The van der Waals surface area contributed by atoms with Gasteiger partial charge in [-0.25, -0.2) is 0 Å². The fourth-order valence-corrected chi connectivity index (χ4v) is 1.30. The Labute approximate surface area is 63.1 Å². The van der Waals surface area contributed by atoms with Gasteiger partial charge in [-0.15, -0.1) is 6.58 Å². The Morgan fingerprint density at radius 1 is 1.60 bits per heavy atom. The summed E-state index contributed by atoms with van der Waals surface area (Å²) < 4.78 is 5.54. The highest BCUT2D eigenvalue weighted by Gasteiger charge is 2.29. The van der Waals surface area contributed by atoms with Gasteiger partial charge in [0.15, 0.2) is 0 Å². The molecule has 1 saturated heterocycles. The summed E-state index contributed by atoms with van der Waals surface area (Å²) in [6.45, 7) is 9.08. The molecule has 0 aliphatic carbocycles. The molecule has 58 valence electrons. The van der Waals surface area contributed by atoms with E-state index in [1.165, 1.54) is 12.8 Å². The van der Waals surface area contributed by atoms with Crippen LogP contribution in [0.5, 0.6) is 0 Å². The van der Waals surface area contributed by atoms with Crippen LogP contribution in [0.2, 0.25) is 0 Å². The molecule has 1 heteroatoms. The van der Waals surface area contributed by atoms with E-state index in [-0.39, 0.29) is 5.41 Å². The molecule has 1 heterocycles. The van der Waals surface area contributed by atoms with E-state index in [0.717, 1.165) is 6.61 Å². The second-order valence-electron chi connectivity index (χ2n) is 3.53. The van der Waals surface area contributed by atoms with E-state index >= 15 is 0 Å². The van der Waals surface area contributed by atoms with Gasteiger partial charge in [-0.2, -0.15) is 0 Å². The highest BCUT2D eigenvalue weighted by Crippen LogP contribution is 2.31. The predicted octanol–water partition coefficient (Wildman–Crippen LogP) is 2.38. The lowest BCUT2D eigenvalue weighted by Gasteiger charge is -2.26. The van der Waals surface area contributed by atoms with Gasteiger partial charge in [-0.3, -0.25) is 0 Å². The average molecular weight is 140 g/mol. The molecule has 1 fully saturated rings. The molecule has 0 aromatic carbocycles. The minimum absolute atomic E-state index is 0.163. The summed E-state index contributed by atoms with van der Waals surface area (Å²) in [4.78, 5) is 0. The largest absolute Gasteiger partial charge is 0.377 e. The van der Waals surface area contributed by atoms with Gasteiger partial charge in [0.2, 0.25) is 0 Å². The SMILES string of the molecule is C=CC(C)(C)C1CCCO1. The smallest absolute Gasteiger partial charge is 0.0661 e. The normalized spacial score (nSPS) is 26.8. The number of hydrogen-bond acceptors (Lipinski definition) is 1. The van der Waals surface area contributed by atoms with Crippen LogP contribution in [0.15, 0.2) is 12.7 Å². The first-order valence-electron chi connectivity index (χ1n) is 3.92. The zero-order valence-corrected chi connectivity index (χ0v) is 6.89. The standard InChI is InChI=1S/C9H16O/c1-4-9(2,3)8-6-5-7-10-8/h4,8H,1,5-7H2,2-3H3. The van der Waals surface area contributed by atoms with E-state index in [4.69, 9.17) is 4.74 Å². The van der Waals surface area contributed by atoms with Gasteiger partial charge in [0.25, 0.3) is 0 Å². The molecule has 0 amide bonds. The third-order valence-electron chi connectivity index (χ3n) is 2.29. The fourth-order valence-electron chi connectivity index (χ4n) is 1.30. The van der Waals surface area contributed by atoms with Crippen molar-refractivity contribution < 1.29 is 4.74 Å². The number of hydrogen-bond donors (Lipinski definition) is 0. The van der Waals surface area contributed by atoms with Gasteiger partial charge in [0, 0.05) is 12.0 Å². The van der Waals surface area contributed by atoms with Crippen LogP contribution in [0.3, 0.4) is 0 Å². The molecule has 0 aromatic rings. The summed E-state index contributed by atoms with van der Waals surface area (Å²) in [7, 11) is 0. The molecule has 1 aliphatic rings. The van der Waals surface area contributed by atoms with Crippen molar-refractivity contribution in [3.63, 3.8) is 0 Å². The van der Waals surface area contributed by atoms with Crippen LogP contribution in [0, 0.1) is 5.41 Å². The molecular weight excluding hydrogens is 124 g/mol. The van der Waals surface area contributed by atoms with E-state index in [0.29, 0.717) is 6.10 Å². The molecular formula is C9H16O. The van der Waals surface area contributed by atoms with Gasteiger partial charge in [-0.05, 0) is 12.8 Å². The molecule has 0 bridgehead atoms. The lowest BCUT2D eigenvalue weighted by atomic mass is 9.85. The molecule has 0 spiro atoms.